The Morgan fingerprint density at radius 3 is 2.39 bits per heavy atom. The van der Waals surface area contributed by atoms with Crippen molar-refractivity contribution in [3.63, 3.8) is 0 Å². The molecule has 23 heavy (non-hydrogen) atoms. The Morgan fingerprint density at radius 2 is 1.65 bits per heavy atom. The molecule has 0 radical (unpaired) electrons. The van der Waals surface area contributed by atoms with Crippen molar-refractivity contribution < 1.29 is 13.9 Å². The molecule has 0 spiro atoms. The van der Waals surface area contributed by atoms with Crippen molar-refractivity contribution in [3.8, 4) is 0 Å². The van der Waals surface area contributed by atoms with Crippen LogP contribution in [0.4, 0.5) is 8.78 Å². The van der Waals surface area contributed by atoms with Gasteiger partial charge in [0.2, 0.25) is 5.92 Å². The van der Waals surface area contributed by atoms with Crippen LogP contribution >= 0.6 is 0 Å². The summed E-state index contributed by atoms with van der Waals surface area (Å²) < 4.78 is 27.5. The zero-order chi connectivity index (χ0) is 17.0. The second-order valence-electron chi connectivity index (χ2n) is 7.25. The minimum atomic E-state index is -2.46. The molecule has 0 bridgehead atoms. The number of unbranched alkanes of at least 4 members (excludes halogenated alkanes) is 8. The number of halogens is 2. The highest BCUT2D eigenvalue weighted by Crippen LogP contribution is 2.46. The average Bonchev–Trinajstić information content (AvgIpc) is 2.80. The average molecular weight is 331 g/mol. The Morgan fingerprint density at radius 1 is 0.957 bits per heavy atom. The summed E-state index contributed by atoms with van der Waals surface area (Å²) in [6.45, 7) is 2.46. The van der Waals surface area contributed by atoms with E-state index in [1.807, 2.05) is 0 Å². The van der Waals surface area contributed by atoms with Crippen molar-refractivity contribution in [2.24, 2.45) is 11.8 Å². The largest absolute Gasteiger partial charge is 0.396 e. The Balaban J connectivity index is 2.26. The molecule has 0 unspecified atom stereocenters. The van der Waals surface area contributed by atoms with E-state index < -0.39 is 5.92 Å². The highest BCUT2D eigenvalue weighted by atomic mass is 19.3. The number of alkyl halides is 2. The van der Waals surface area contributed by atoms with E-state index in [-0.39, 0.29) is 31.3 Å². The lowest BCUT2D eigenvalue weighted by Gasteiger charge is -2.15. The van der Waals surface area contributed by atoms with Crippen LogP contribution in [0.1, 0.15) is 90.4 Å². The van der Waals surface area contributed by atoms with Gasteiger partial charge in [-0.3, -0.25) is 0 Å². The minimum Gasteiger partial charge on any atom is -0.396 e. The van der Waals surface area contributed by atoms with Crippen molar-refractivity contribution in [2.75, 3.05) is 6.61 Å². The van der Waals surface area contributed by atoms with Crippen molar-refractivity contribution >= 4 is 0 Å². The van der Waals surface area contributed by atoms with Gasteiger partial charge >= 0.3 is 0 Å². The van der Waals surface area contributed by atoms with E-state index in [0.717, 1.165) is 44.9 Å². The van der Waals surface area contributed by atoms with Crippen LogP contribution in [0.2, 0.25) is 0 Å². The molecule has 1 rings (SSSR count). The summed E-state index contributed by atoms with van der Waals surface area (Å²) in [6.07, 6.45) is 16.5. The molecule has 1 saturated carbocycles. The van der Waals surface area contributed by atoms with Crippen LogP contribution in [0.5, 0.6) is 0 Å². The summed E-state index contributed by atoms with van der Waals surface area (Å²) in [5.74, 6) is -2.22. The summed E-state index contributed by atoms with van der Waals surface area (Å²) in [6, 6.07) is 0. The van der Waals surface area contributed by atoms with Gasteiger partial charge < -0.3 is 5.11 Å². The topological polar surface area (TPSA) is 20.2 Å². The number of allylic oxidation sites excluding steroid dienone is 2. The van der Waals surface area contributed by atoms with Gasteiger partial charge in [-0.15, -0.1) is 0 Å². The molecule has 0 heterocycles. The van der Waals surface area contributed by atoms with Crippen molar-refractivity contribution in [1.29, 1.82) is 0 Å². The van der Waals surface area contributed by atoms with Gasteiger partial charge in [-0.2, -0.15) is 0 Å². The van der Waals surface area contributed by atoms with Crippen LogP contribution in [0, 0.1) is 11.8 Å². The summed E-state index contributed by atoms with van der Waals surface area (Å²) >= 11 is 0. The van der Waals surface area contributed by atoms with Gasteiger partial charge in [0.05, 0.1) is 0 Å². The third-order valence-corrected chi connectivity index (χ3v) is 5.04. The fourth-order valence-corrected chi connectivity index (χ4v) is 3.68. The molecule has 0 aliphatic heterocycles. The van der Waals surface area contributed by atoms with Crippen molar-refractivity contribution in [3.05, 3.63) is 12.2 Å². The zero-order valence-corrected chi connectivity index (χ0v) is 14.9. The molecule has 1 aliphatic rings. The maximum Gasteiger partial charge on any atom is 0.249 e. The van der Waals surface area contributed by atoms with E-state index in [4.69, 9.17) is 5.11 Å². The summed E-state index contributed by atoms with van der Waals surface area (Å²) in [4.78, 5) is 0. The molecular formula is C20H36F2O. The minimum absolute atomic E-state index is 0.0492. The molecule has 1 N–H and O–H groups in total. The van der Waals surface area contributed by atoms with E-state index >= 15 is 0 Å². The Bertz CT molecular complexity index is 315. The van der Waals surface area contributed by atoms with Crippen LogP contribution in [-0.2, 0) is 0 Å². The maximum atomic E-state index is 13.7. The van der Waals surface area contributed by atoms with Crippen LogP contribution in [0.25, 0.3) is 0 Å². The highest BCUT2D eigenvalue weighted by Gasteiger charge is 2.44. The SMILES string of the molecule is CCCCCCC=C[C@H]1CC(F)(F)C[C@@H]1CCCCCCCO. The lowest BCUT2D eigenvalue weighted by Crippen LogP contribution is -2.09. The van der Waals surface area contributed by atoms with Crippen LogP contribution in [-0.4, -0.2) is 17.6 Å². The fourth-order valence-electron chi connectivity index (χ4n) is 3.68. The number of aliphatic hydroxyl groups excluding tert-OH is 1. The molecule has 3 heteroatoms. The smallest absolute Gasteiger partial charge is 0.249 e. The molecule has 0 aromatic rings. The standard InChI is InChI=1S/C20H36F2O/c1-2-3-4-5-7-10-13-18-16-20(21,22)17-19(18)14-11-8-6-9-12-15-23/h10,13,18-19,23H,2-9,11-12,14-17H2,1H3/t18-,19-/m0/s1. The number of rotatable bonds is 13. The van der Waals surface area contributed by atoms with Crippen LogP contribution in [0.15, 0.2) is 12.2 Å². The monoisotopic (exact) mass is 330 g/mol. The molecule has 136 valence electrons. The third-order valence-electron chi connectivity index (χ3n) is 5.04. The first-order chi connectivity index (χ1) is 11.1. The molecule has 0 amide bonds. The van der Waals surface area contributed by atoms with E-state index in [1.165, 1.54) is 25.7 Å². The predicted octanol–water partition coefficient (Wildman–Crippen LogP) is 6.51. The second kappa shape index (κ2) is 12.0. The fraction of sp³-hybridized carbons (Fsp3) is 0.900. The van der Waals surface area contributed by atoms with Crippen molar-refractivity contribution in [2.45, 2.75) is 96.3 Å². The molecule has 0 aromatic carbocycles. The van der Waals surface area contributed by atoms with Gasteiger partial charge in [0.25, 0.3) is 0 Å². The molecular weight excluding hydrogens is 294 g/mol. The van der Waals surface area contributed by atoms with Gasteiger partial charge in [0, 0.05) is 19.4 Å². The number of hydrogen-bond donors (Lipinski definition) is 1. The van der Waals surface area contributed by atoms with E-state index in [2.05, 4.69) is 19.1 Å². The molecule has 0 aromatic heterocycles. The highest BCUT2D eigenvalue weighted by molar-refractivity contribution is 5.00. The molecule has 2 atom stereocenters. The Hall–Kier alpha value is -0.440. The quantitative estimate of drug-likeness (QED) is 0.301. The molecule has 1 aliphatic carbocycles. The summed E-state index contributed by atoms with van der Waals surface area (Å²) in [5.41, 5.74) is 0. The molecule has 1 fully saturated rings. The molecule has 0 saturated heterocycles. The first-order valence-corrected chi connectivity index (χ1v) is 9.74. The lowest BCUT2D eigenvalue weighted by atomic mass is 9.90. The normalized spacial score (nSPS) is 23.8. The van der Waals surface area contributed by atoms with Gasteiger partial charge in [0.15, 0.2) is 0 Å². The predicted molar refractivity (Wildman–Crippen MR) is 93.8 cm³/mol. The number of aliphatic hydroxyl groups is 1. The van der Waals surface area contributed by atoms with E-state index in [0.29, 0.717) is 0 Å². The summed E-state index contributed by atoms with van der Waals surface area (Å²) in [7, 11) is 0. The lowest BCUT2D eigenvalue weighted by molar-refractivity contribution is 0.00318. The van der Waals surface area contributed by atoms with Crippen LogP contribution in [0.3, 0.4) is 0 Å². The second-order valence-corrected chi connectivity index (χ2v) is 7.25. The summed E-state index contributed by atoms with van der Waals surface area (Å²) in [5, 5.41) is 8.75. The van der Waals surface area contributed by atoms with Crippen LogP contribution < -0.4 is 0 Å². The maximum absolute atomic E-state index is 13.7. The first kappa shape index (κ1) is 20.6. The van der Waals surface area contributed by atoms with Gasteiger partial charge in [0.1, 0.15) is 0 Å². The third kappa shape index (κ3) is 9.44. The van der Waals surface area contributed by atoms with Crippen molar-refractivity contribution in [1.82, 2.24) is 0 Å². The Labute approximate surface area is 141 Å². The number of hydrogen-bond acceptors (Lipinski definition) is 1. The first-order valence-electron chi connectivity index (χ1n) is 9.74. The Kier molecular flexibility index (Phi) is 10.7. The van der Waals surface area contributed by atoms with Gasteiger partial charge in [-0.1, -0.05) is 64.0 Å². The zero-order valence-electron chi connectivity index (χ0n) is 14.9. The van der Waals surface area contributed by atoms with E-state index in [1.54, 1.807) is 0 Å². The van der Waals surface area contributed by atoms with E-state index in [9.17, 15) is 8.78 Å². The van der Waals surface area contributed by atoms with Gasteiger partial charge in [-0.05, 0) is 37.5 Å². The van der Waals surface area contributed by atoms with Gasteiger partial charge in [-0.25, -0.2) is 8.78 Å². The molecule has 1 nitrogen and oxygen atoms in total.